The summed E-state index contributed by atoms with van der Waals surface area (Å²) in [6.07, 6.45) is 8.23. The summed E-state index contributed by atoms with van der Waals surface area (Å²) in [5.41, 5.74) is 0.617. The molecule has 2 aliphatic rings. The summed E-state index contributed by atoms with van der Waals surface area (Å²) in [5, 5.41) is 3.43. The molecule has 3 nitrogen and oxygen atoms in total. The van der Waals surface area contributed by atoms with Crippen LogP contribution in [0.15, 0.2) is 4.99 Å². The van der Waals surface area contributed by atoms with Gasteiger partial charge in [-0.3, -0.25) is 4.99 Å². The lowest BCUT2D eigenvalue weighted by Crippen LogP contribution is -2.39. The first kappa shape index (κ1) is 17.1. The number of unbranched alkanes of at least 4 members (excludes halogenated alkanes) is 1. The van der Waals surface area contributed by atoms with E-state index in [9.17, 15) is 0 Å². The van der Waals surface area contributed by atoms with Crippen molar-refractivity contribution in [2.45, 2.75) is 52.4 Å². The van der Waals surface area contributed by atoms with Crippen molar-refractivity contribution in [2.75, 3.05) is 26.7 Å². The van der Waals surface area contributed by atoms with Crippen molar-refractivity contribution in [2.24, 2.45) is 16.3 Å². The fourth-order valence-corrected chi connectivity index (χ4v) is 2.75. The fraction of sp³-hybridized carbons (Fsp3) is 0.933. The smallest absolute Gasteiger partial charge is 0.193 e. The van der Waals surface area contributed by atoms with Gasteiger partial charge in [0, 0.05) is 26.7 Å². The van der Waals surface area contributed by atoms with Crippen molar-refractivity contribution < 1.29 is 0 Å². The molecule has 0 aromatic carbocycles. The zero-order chi connectivity index (χ0) is 13.0. The predicted octanol–water partition coefficient (Wildman–Crippen LogP) is 3.49. The molecule has 0 aromatic heterocycles. The van der Waals surface area contributed by atoms with Crippen LogP contribution < -0.4 is 5.32 Å². The number of aliphatic imine (C=N–C) groups is 1. The van der Waals surface area contributed by atoms with E-state index in [1.54, 1.807) is 0 Å². The highest BCUT2D eigenvalue weighted by atomic mass is 127. The van der Waals surface area contributed by atoms with Gasteiger partial charge >= 0.3 is 0 Å². The van der Waals surface area contributed by atoms with E-state index in [4.69, 9.17) is 4.99 Å². The second-order valence-corrected chi connectivity index (χ2v) is 6.08. The van der Waals surface area contributed by atoms with Gasteiger partial charge in [-0.1, -0.05) is 13.3 Å². The summed E-state index contributed by atoms with van der Waals surface area (Å²) >= 11 is 0. The van der Waals surface area contributed by atoms with Gasteiger partial charge in [-0.05, 0) is 50.4 Å². The molecular weight excluding hydrogens is 349 g/mol. The molecule has 2 fully saturated rings. The van der Waals surface area contributed by atoms with E-state index in [2.05, 4.69) is 31.1 Å². The van der Waals surface area contributed by atoms with Crippen molar-refractivity contribution >= 4 is 29.9 Å². The average Bonchev–Trinajstić information content (AvgIpc) is 3.23. The van der Waals surface area contributed by atoms with Gasteiger partial charge < -0.3 is 10.2 Å². The third-order valence-corrected chi connectivity index (χ3v) is 4.42. The molecule has 19 heavy (non-hydrogen) atoms. The molecule has 2 rings (SSSR count). The zero-order valence-electron chi connectivity index (χ0n) is 12.7. The Balaban J connectivity index is 0.00000180. The van der Waals surface area contributed by atoms with Crippen LogP contribution in [0.25, 0.3) is 0 Å². The second kappa shape index (κ2) is 7.70. The van der Waals surface area contributed by atoms with Gasteiger partial charge in [-0.2, -0.15) is 0 Å². The van der Waals surface area contributed by atoms with Crippen molar-refractivity contribution in [3.8, 4) is 0 Å². The summed E-state index contributed by atoms with van der Waals surface area (Å²) in [6, 6.07) is 0. The Bertz CT molecular complexity index is 296. The number of guanidine groups is 1. The number of halogens is 1. The van der Waals surface area contributed by atoms with Crippen LogP contribution >= 0.6 is 24.0 Å². The highest BCUT2D eigenvalue weighted by Crippen LogP contribution is 2.61. The van der Waals surface area contributed by atoms with Gasteiger partial charge in [0.25, 0.3) is 0 Å². The van der Waals surface area contributed by atoms with Crippen LogP contribution in [-0.2, 0) is 0 Å². The molecule has 0 unspecified atom stereocenters. The molecule has 0 aliphatic heterocycles. The molecule has 0 heterocycles. The first-order chi connectivity index (χ1) is 8.72. The van der Waals surface area contributed by atoms with E-state index in [0.717, 1.165) is 31.5 Å². The number of hydrogen-bond acceptors (Lipinski definition) is 1. The zero-order valence-corrected chi connectivity index (χ0v) is 15.1. The molecular formula is C15H30IN3. The quantitative estimate of drug-likeness (QED) is 0.417. The van der Waals surface area contributed by atoms with Gasteiger partial charge in [-0.15, -0.1) is 24.0 Å². The van der Waals surface area contributed by atoms with Gasteiger partial charge in [-0.25, -0.2) is 0 Å². The van der Waals surface area contributed by atoms with Gasteiger partial charge in [0.15, 0.2) is 5.96 Å². The first-order valence-electron chi connectivity index (χ1n) is 7.71. The van der Waals surface area contributed by atoms with Gasteiger partial charge in [0.2, 0.25) is 0 Å². The molecule has 1 N–H and O–H groups in total. The number of hydrogen-bond donors (Lipinski definition) is 1. The van der Waals surface area contributed by atoms with Crippen LogP contribution in [0, 0.1) is 11.3 Å². The first-order valence-corrected chi connectivity index (χ1v) is 7.71. The Morgan fingerprint density at radius 2 is 2.00 bits per heavy atom. The van der Waals surface area contributed by atoms with E-state index in [1.807, 2.05) is 0 Å². The summed E-state index contributed by atoms with van der Waals surface area (Å²) in [5.74, 6) is 2.11. The largest absolute Gasteiger partial charge is 0.357 e. The molecule has 0 spiro atoms. The van der Waals surface area contributed by atoms with Crippen LogP contribution in [0.4, 0.5) is 0 Å². The van der Waals surface area contributed by atoms with Crippen LogP contribution in [0.5, 0.6) is 0 Å². The molecule has 0 atom stereocenters. The van der Waals surface area contributed by atoms with E-state index in [0.29, 0.717) is 5.41 Å². The fourth-order valence-electron chi connectivity index (χ4n) is 2.75. The van der Waals surface area contributed by atoms with Gasteiger partial charge in [0.1, 0.15) is 0 Å². The minimum atomic E-state index is 0. The normalized spacial score (nSPS) is 20.7. The molecule has 0 radical (unpaired) electrons. The Hall–Kier alpha value is 0. The Kier molecular flexibility index (Phi) is 6.91. The molecule has 0 amide bonds. The van der Waals surface area contributed by atoms with Crippen molar-refractivity contribution in [3.63, 3.8) is 0 Å². The number of nitrogens with zero attached hydrogens (tertiary/aromatic N) is 2. The number of nitrogens with one attached hydrogen (secondary N) is 1. The highest BCUT2D eigenvalue weighted by molar-refractivity contribution is 14.0. The van der Waals surface area contributed by atoms with E-state index < -0.39 is 0 Å². The van der Waals surface area contributed by atoms with Crippen molar-refractivity contribution in [1.29, 1.82) is 0 Å². The minimum absolute atomic E-state index is 0. The summed E-state index contributed by atoms with van der Waals surface area (Å²) < 4.78 is 0. The van der Waals surface area contributed by atoms with Crippen LogP contribution in [-0.4, -0.2) is 37.5 Å². The Labute approximate surface area is 135 Å². The molecule has 4 heteroatoms. The second-order valence-electron chi connectivity index (χ2n) is 6.08. The maximum absolute atomic E-state index is 4.89. The average molecular weight is 379 g/mol. The predicted molar refractivity (Wildman–Crippen MR) is 93.3 cm³/mol. The van der Waals surface area contributed by atoms with Crippen molar-refractivity contribution in [1.82, 2.24) is 10.2 Å². The SMILES string of the molecule is CCCCN(C)C(=NCC1(C2CC2)CC1)NCC.I. The van der Waals surface area contributed by atoms with Crippen molar-refractivity contribution in [3.05, 3.63) is 0 Å². The molecule has 0 aromatic rings. The standard InChI is InChI=1S/C15H29N3.HI/c1-4-6-11-18(3)14(16-5-2)17-12-15(9-10-15)13-7-8-13;/h13H,4-12H2,1-3H3,(H,16,17);1H. The molecule has 2 aliphatic carbocycles. The van der Waals surface area contributed by atoms with E-state index >= 15 is 0 Å². The topological polar surface area (TPSA) is 27.6 Å². The lowest BCUT2D eigenvalue weighted by Gasteiger charge is -2.23. The third kappa shape index (κ3) is 4.80. The van der Waals surface area contributed by atoms with Gasteiger partial charge in [0.05, 0.1) is 0 Å². The number of rotatable bonds is 7. The van der Waals surface area contributed by atoms with Crippen LogP contribution in [0.1, 0.15) is 52.4 Å². The summed E-state index contributed by atoms with van der Waals surface area (Å²) in [7, 11) is 2.16. The Morgan fingerprint density at radius 3 is 2.47 bits per heavy atom. The molecule has 2 saturated carbocycles. The molecule has 0 saturated heterocycles. The molecule has 112 valence electrons. The molecule has 0 bridgehead atoms. The Morgan fingerprint density at radius 1 is 1.32 bits per heavy atom. The highest BCUT2D eigenvalue weighted by Gasteiger charge is 2.53. The van der Waals surface area contributed by atoms with E-state index in [-0.39, 0.29) is 24.0 Å². The third-order valence-electron chi connectivity index (χ3n) is 4.42. The lowest BCUT2D eigenvalue weighted by molar-refractivity contribution is 0.433. The van der Waals surface area contributed by atoms with Crippen LogP contribution in [0.2, 0.25) is 0 Å². The maximum atomic E-state index is 4.89. The van der Waals surface area contributed by atoms with Crippen LogP contribution in [0.3, 0.4) is 0 Å². The van der Waals surface area contributed by atoms with E-state index in [1.165, 1.54) is 38.5 Å². The summed E-state index contributed by atoms with van der Waals surface area (Å²) in [4.78, 5) is 7.18. The maximum Gasteiger partial charge on any atom is 0.193 e. The summed E-state index contributed by atoms with van der Waals surface area (Å²) in [6.45, 7) is 7.52. The lowest BCUT2D eigenvalue weighted by atomic mass is 10.0. The monoisotopic (exact) mass is 379 g/mol. The minimum Gasteiger partial charge on any atom is -0.357 e.